The summed E-state index contributed by atoms with van der Waals surface area (Å²) in [6, 6.07) is 17.2. The highest BCUT2D eigenvalue weighted by atomic mass is 35.5. The van der Waals surface area contributed by atoms with Gasteiger partial charge in [-0.3, -0.25) is 0 Å². The summed E-state index contributed by atoms with van der Waals surface area (Å²) in [7, 11) is 0. The van der Waals surface area contributed by atoms with Gasteiger partial charge >= 0.3 is 0 Å². The molecule has 2 heterocycles. The Labute approximate surface area is 211 Å². The molecule has 174 valence electrons. The van der Waals surface area contributed by atoms with Crippen molar-refractivity contribution in [3.05, 3.63) is 81.7 Å². The van der Waals surface area contributed by atoms with E-state index in [9.17, 15) is 10.5 Å². The minimum absolute atomic E-state index is 0.0383. The zero-order valence-electron chi connectivity index (χ0n) is 18.7. The number of nitriles is 2. The Morgan fingerprint density at radius 2 is 1.77 bits per heavy atom. The van der Waals surface area contributed by atoms with Crippen LogP contribution in [0.4, 0.5) is 5.82 Å². The second-order valence-electron chi connectivity index (χ2n) is 7.72. The van der Waals surface area contributed by atoms with Crippen molar-refractivity contribution in [1.82, 2.24) is 9.97 Å². The lowest BCUT2D eigenvalue weighted by atomic mass is 9.95. The number of rotatable bonds is 7. The third-order valence-corrected chi connectivity index (χ3v) is 6.81. The summed E-state index contributed by atoms with van der Waals surface area (Å²) >= 11 is 7.40. The van der Waals surface area contributed by atoms with E-state index in [1.165, 1.54) is 11.8 Å². The SMILES string of the molecule is Cc1cc(-c2nc(CSc3nc(N)c(C#N)c(-c4ccc(CCO)cc4)c3C#N)co2)ccc1Cl. The number of anilines is 1. The first-order chi connectivity index (χ1) is 16.9. The minimum Gasteiger partial charge on any atom is -0.444 e. The van der Waals surface area contributed by atoms with E-state index in [1.54, 1.807) is 12.3 Å². The predicted octanol–water partition coefficient (Wildman–Crippen LogP) is 5.52. The number of thioether (sulfide) groups is 1. The van der Waals surface area contributed by atoms with Gasteiger partial charge in [-0.2, -0.15) is 10.5 Å². The smallest absolute Gasteiger partial charge is 0.226 e. The molecular formula is C26H20ClN5O2S. The molecule has 0 radical (unpaired) electrons. The van der Waals surface area contributed by atoms with Crippen LogP contribution in [-0.2, 0) is 12.2 Å². The van der Waals surface area contributed by atoms with Gasteiger partial charge < -0.3 is 15.3 Å². The lowest BCUT2D eigenvalue weighted by Crippen LogP contribution is -2.03. The highest BCUT2D eigenvalue weighted by Gasteiger charge is 2.21. The van der Waals surface area contributed by atoms with Crippen molar-refractivity contribution < 1.29 is 9.52 Å². The number of aliphatic hydroxyl groups excluding tert-OH is 1. The Hall–Kier alpha value is -3.82. The van der Waals surface area contributed by atoms with E-state index < -0.39 is 0 Å². The molecule has 0 atom stereocenters. The molecule has 2 aromatic heterocycles. The van der Waals surface area contributed by atoms with E-state index in [0.29, 0.717) is 44.9 Å². The third-order valence-electron chi connectivity index (χ3n) is 5.37. The number of benzene rings is 2. The quantitative estimate of drug-likeness (QED) is 0.316. The van der Waals surface area contributed by atoms with Crippen LogP contribution in [0.3, 0.4) is 0 Å². The minimum atomic E-state index is 0.0383. The molecule has 7 nitrogen and oxygen atoms in total. The number of aryl methyl sites for hydroxylation is 1. The molecule has 0 saturated heterocycles. The number of nitrogens with zero attached hydrogens (tertiary/aromatic N) is 4. The van der Waals surface area contributed by atoms with E-state index in [0.717, 1.165) is 16.7 Å². The zero-order chi connectivity index (χ0) is 24.9. The zero-order valence-corrected chi connectivity index (χ0v) is 20.3. The van der Waals surface area contributed by atoms with Crippen molar-refractivity contribution >= 4 is 29.2 Å². The van der Waals surface area contributed by atoms with Gasteiger partial charge in [-0.05, 0) is 48.2 Å². The van der Waals surface area contributed by atoms with Crippen LogP contribution in [0, 0.1) is 29.6 Å². The van der Waals surface area contributed by atoms with Gasteiger partial charge in [-0.25, -0.2) is 9.97 Å². The molecule has 0 aliphatic heterocycles. The van der Waals surface area contributed by atoms with Crippen LogP contribution in [0.15, 0.2) is 58.2 Å². The molecule has 0 amide bonds. The van der Waals surface area contributed by atoms with E-state index in [4.69, 9.17) is 26.9 Å². The fourth-order valence-electron chi connectivity index (χ4n) is 3.58. The number of halogens is 1. The van der Waals surface area contributed by atoms with E-state index in [-0.39, 0.29) is 23.6 Å². The molecule has 4 rings (SSSR count). The van der Waals surface area contributed by atoms with E-state index >= 15 is 0 Å². The molecule has 0 saturated carbocycles. The van der Waals surface area contributed by atoms with Gasteiger partial charge in [0, 0.05) is 28.5 Å². The Bertz CT molecular complexity index is 1470. The first-order valence-corrected chi connectivity index (χ1v) is 12.0. The van der Waals surface area contributed by atoms with Gasteiger partial charge in [-0.1, -0.05) is 47.6 Å². The third kappa shape index (κ3) is 5.16. The number of aliphatic hydroxyl groups is 1. The largest absolute Gasteiger partial charge is 0.444 e. The highest BCUT2D eigenvalue weighted by molar-refractivity contribution is 7.98. The molecule has 0 spiro atoms. The molecule has 0 fully saturated rings. The maximum absolute atomic E-state index is 9.98. The summed E-state index contributed by atoms with van der Waals surface area (Å²) in [5.74, 6) is 0.913. The maximum atomic E-state index is 9.98. The number of hydrogen-bond donors (Lipinski definition) is 2. The Morgan fingerprint density at radius 3 is 2.43 bits per heavy atom. The Kier molecular flexibility index (Phi) is 7.38. The molecular weight excluding hydrogens is 482 g/mol. The highest BCUT2D eigenvalue weighted by Crippen LogP contribution is 2.37. The first-order valence-electron chi connectivity index (χ1n) is 10.6. The number of nitrogen functional groups attached to an aromatic ring is 1. The van der Waals surface area contributed by atoms with Gasteiger partial charge in [0.25, 0.3) is 0 Å². The van der Waals surface area contributed by atoms with Crippen molar-refractivity contribution in [3.8, 4) is 34.7 Å². The second kappa shape index (κ2) is 10.6. The predicted molar refractivity (Wildman–Crippen MR) is 136 cm³/mol. The Balaban J connectivity index is 1.65. The van der Waals surface area contributed by atoms with Gasteiger partial charge in [0.15, 0.2) is 0 Å². The van der Waals surface area contributed by atoms with Crippen LogP contribution in [0.5, 0.6) is 0 Å². The lowest BCUT2D eigenvalue weighted by molar-refractivity contribution is 0.299. The molecule has 0 aliphatic carbocycles. The molecule has 0 bridgehead atoms. The summed E-state index contributed by atoms with van der Waals surface area (Å²) in [6.45, 7) is 1.95. The van der Waals surface area contributed by atoms with Crippen LogP contribution in [-0.4, -0.2) is 21.7 Å². The summed E-state index contributed by atoms with van der Waals surface area (Å²) in [5, 5.41) is 29.9. The number of pyridine rings is 1. The van der Waals surface area contributed by atoms with Gasteiger partial charge in [-0.15, -0.1) is 0 Å². The van der Waals surface area contributed by atoms with Gasteiger partial charge in [0.1, 0.15) is 34.8 Å². The van der Waals surface area contributed by atoms with E-state index in [1.807, 2.05) is 43.3 Å². The first kappa shape index (κ1) is 24.3. The molecule has 3 N–H and O–H groups in total. The number of hydrogen-bond acceptors (Lipinski definition) is 8. The summed E-state index contributed by atoms with van der Waals surface area (Å²) in [5.41, 5.74) is 11.0. The standard InChI is InChI=1S/C26H20ClN5O2S/c1-15-10-18(6-7-22(15)27)25-31-19(13-34-25)14-35-26-21(12-29)23(20(11-28)24(30)32-26)17-4-2-16(3-5-17)8-9-33/h2-7,10,13,33H,8-9,14H2,1H3,(H2,30,32). The number of oxazole rings is 1. The monoisotopic (exact) mass is 501 g/mol. The average Bonchev–Trinajstić information content (AvgIpc) is 3.34. The van der Waals surface area contributed by atoms with E-state index in [2.05, 4.69) is 22.1 Å². The Morgan fingerprint density at radius 1 is 1.06 bits per heavy atom. The van der Waals surface area contributed by atoms with Crippen molar-refractivity contribution in [2.45, 2.75) is 24.1 Å². The molecule has 4 aromatic rings. The summed E-state index contributed by atoms with van der Waals surface area (Å²) in [6.07, 6.45) is 2.08. The number of nitrogens with two attached hydrogens (primary N) is 1. The molecule has 2 aromatic carbocycles. The van der Waals surface area contributed by atoms with Crippen LogP contribution in [0.25, 0.3) is 22.6 Å². The van der Waals surface area contributed by atoms with Crippen molar-refractivity contribution in [2.75, 3.05) is 12.3 Å². The van der Waals surface area contributed by atoms with Crippen molar-refractivity contribution in [1.29, 1.82) is 10.5 Å². The van der Waals surface area contributed by atoms with Crippen LogP contribution in [0.1, 0.15) is 27.9 Å². The average molecular weight is 502 g/mol. The molecule has 9 heteroatoms. The molecule has 0 aliphatic rings. The normalized spacial score (nSPS) is 10.7. The summed E-state index contributed by atoms with van der Waals surface area (Å²) in [4.78, 5) is 8.88. The van der Waals surface area contributed by atoms with Gasteiger partial charge in [0.05, 0.1) is 11.3 Å². The number of aromatic nitrogens is 2. The van der Waals surface area contributed by atoms with Crippen LogP contribution < -0.4 is 5.73 Å². The maximum Gasteiger partial charge on any atom is 0.226 e. The van der Waals surface area contributed by atoms with Gasteiger partial charge in [0.2, 0.25) is 5.89 Å². The second-order valence-corrected chi connectivity index (χ2v) is 9.09. The fraction of sp³-hybridized carbons (Fsp3) is 0.154. The molecule has 35 heavy (non-hydrogen) atoms. The van der Waals surface area contributed by atoms with Crippen LogP contribution >= 0.6 is 23.4 Å². The lowest BCUT2D eigenvalue weighted by Gasteiger charge is -2.13. The summed E-state index contributed by atoms with van der Waals surface area (Å²) < 4.78 is 5.64. The van der Waals surface area contributed by atoms with Crippen LogP contribution in [0.2, 0.25) is 5.02 Å². The van der Waals surface area contributed by atoms with Crippen molar-refractivity contribution in [3.63, 3.8) is 0 Å². The van der Waals surface area contributed by atoms with Crippen molar-refractivity contribution in [2.24, 2.45) is 0 Å². The fourth-order valence-corrected chi connectivity index (χ4v) is 4.57. The molecule has 0 unspecified atom stereocenters. The topological polar surface area (TPSA) is 133 Å².